The van der Waals surface area contributed by atoms with E-state index in [1.54, 1.807) is 30.3 Å². The molecule has 0 radical (unpaired) electrons. The second-order valence-corrected chi connectivity index (χ2v) is 4.40. The number of phenols is 1. The van der Waals surface area contributed by atoms with Gasteiger partial charge in [0.25, 0.3) is 0 Å². The monoisotopic (exact) mass is 250 g/mol. The Morgan fingerprint density at radius 1 is 1.24 bits per heavy atom. The second-order valence-electron chi connectivity index (χ2n) is 3.96. The minimum absolute atomic E-state index is 0.00489. The number of carboxylic acid groups (broad SMARTS) is 1. The normalized spacial score (nSPS) is 12.6. The van der Waals surface area contributed by atoms with Gasteiger partial charge in [-0.3, -0.25) is 4.79 Å². The zero-order valence-electron chi connectivity index (χ0n) is 9.14. The first-order valence-electron chi connectivity index (χ1n) is 5.14. The van der Waals surface area contributed by atoms with E-state index in [0.29, 0.717) is 10.6 Å². The van der Waals surface area contributed by atoms with Crippen molar-refractivity contribution in [1.82, 2.24) is 0 Å². The van der Waals surface area contributed by atoms with Crippen LogP contribution in [0.2, 0.25) is 5.02 Å². The van der Waals surface area contributed by atoms with Crippen LogP contribution in [0.25, 0.3) is 10.8 Å². The Labute approximate surface area is 103 Å². The number of aromatic hydroxyl groups is 1. The second kappa shape index (κ2) is 4.26. The molecule has 0 spiro atoms. The van der Waals surface area contributed by atoms with Crippen molar-refractivity contribution in [1.29, 1.82) is 0 Å². The van der Waals surface area contributed by atoms with Gasteiger partial charge in [0.15, 0.2) is 0 Å². The van der Waals surface area contributed by atoms with E-state index in [1.807, 2.05) is 0 Å². The Morgan fingerprint density at radius 2 is 1.94 bits per heavy atom. The molecule has 88 valence electrons. The highest BCUT2D eigenvalue weighted by atomic mass is 35.5. The predicted molar refractivity (Wildman–Crippen MR) is 66.7 cm³/mol. The van der Waals surface area contributed by atoms with Gasteiger partial charge in [-0.1, -0.05) is 17.7 Å². The number of phenolic OH excluding ortho intramolecular Hbond substituents is 1. The Hall–Kier alpha value is -1.74. The first-order chi connectivity index (χ1) is 7.99. The van der Waals surface area contributed by atoms with E-state index in [4.69, 9.17) is 16.7 Å². The van der Waals surface area contributed by atoms with Crippen LogP contribution in [-0.2, 0) is 4.79 Å². The Morgan fingerprint density at radius 3 is 2.59 bits per heavy atom. The van der Waals surface area contributed by atoms with Crippen LogP contribution >= 0.6 is 11.6 Å². The van der Waals surface area contributed by atoms with E-state index in [0.717, 1.165) is 10.8 Å². The van der Waals surface area contributed by atoms with Crippen LogP contribution in [0.1, 0.15) is 18.4 Å². The quantitative estimate of drug-likeness (QED) is 0.859. The van der Waals surface area contributed by atoms with Crippen molar-refractivity contribution in [2.45, 2.75) is 12.8 Å². The third kappa shape index (κ3) is 2.19. The number of hydrogen-bond donors (Lipinski definition) is 2. The van der Waals surface area contributed by atoms with Gasteiger partial charge in [-0.15, -0.1) is 0 Å². The van der Waals surface area contributed by atoms with E-state index >= 15 is 0 Å². The van der Waals surface area contributed by atoms with Gasteiger partial charge in [0.2, 0.25) is 0 Å². The summed E-state index contributed by atoms with van der Waals surface area (Å²) in [6.07, 6.45) is 0. The van der Waals surface area contributed by atoms with Crippen molar-refractivity contribution in [2.24, 2.45) is 0 Å². The van der Waals surface area contributed by atoms with Gasteiger partial charge in [-0.25, -0.2) is 0 Å². The minimum atomic E-state index is -0.971. The molecule has 0 bridgehead atoms. The number of carboxylic acids is 1. The van der Waals surface area contributed by atoms with E-state index in [2.05, 4.69) is 0 Å². The first kappa shape index (κ1) is 11.7. The highest BCUT2D eigenvalue weighted by molar-refractivity contribution is 6.31. The lowest BCUT2D eigenvalue weighted by atomic mass is 9.97. The maximum absolute atomic E-state index is 10.9. The molecule has 0 saturated heterocycles. The molecule has 2 aromatic carbocycles. The fraction of sp³-hybridized carbons (Fsp3) is 0.154. The molecule has 2 N–H and O–H groups in total. The van der Waals surface area contributed by atoms with Crippen LogP contribution in [0, 0.1) is 0 Å². The molecule has 1 atom stereocenters. The predicted octanol–water partition coefficient (Wildman–Crippen LogP) is 3.39. The third-order valence-corrected chi connectivity index (χ3v) is 3.02. The number of hydrogen-bond acceptors (Lipinski definition) is 2. The molecule has 0 fully saturated rings. The molecule has 3 nitrogen and oxygen atoms in total. The third-order valence-electron chi connectivity index (χ3n) is 2.78. The number of benzene rings is 2. The summed E-state index contributed by atoms with van der Waals surface area (Å²) in [4.78, 5) is 10.9. The molecule has 2 aromatic rings. The molecule has 0 heterocycles. The molecule has 0 aliphatic carbocycles. The van der Waals surface area contributed by atoms with Crippen molar-refractivity contribution in [3.05, 3.63) is 40.9 Å². The Bertz CT molecular complexity index is 592. The highest BCUT2D eigenvalue weighted by Gasteiger charge is 2.18. The molecule has 0 saturated carbocycles. The zero-order chi connectivity index (χ0) is 12.6. The topological polar surface area (TPSA) is 57.5 Å². The van der Waals surface area contributed by atoms with Crippen molar-refractivity contribution < 1.29 is 15.0 Å². The maximum atomic E-state index is 10.9. The van der Waals surface area contributed by atoms with Gasteiger partial charge in [-0.2, -0.15) is 0 Å². The molecule has 0 amide bonds. The lowest BCUT2D eigenvalue weighted by Crippen LogP contribution is -2.07. The summed E-state index contributed by atoms with van der Waals surface area (Å²) >= 11 is 5.87. The average molecular weight is 251 g/mol. The van der Waals surface area contributed by atoms with Gasteiger partial charge in [0.1, 0.15) is 5.75 Å². The fourth-order valence-corrected chi connectivity index (χ4v) is 1.93. The van der Waals surface area contributed by atoms with Gasteiger partial charge < -0.3 is 10.2 Å². The van der Waals surface area contributed by atoms with Crippen molar-refractivity contribution >= 4 is 28.3 Å². The molecular formula is C13H11ClO3. The Kier molecular flexibility index (Phi) is 2.94. The first-order valence-corrected chi connectivity index (χ1v) is 5.52. The summed E-state index contributed by atoms with van der Waals surface area (Å²) in [7, 11) is 0. The number of rotatable bonds is 2. The maximum Gasteiger partial charge on any atom is 0.310 e. The van der Waals surface area contributed by atoms with Gasteiger partial charge in [-0.05, 0) is 42.0 Å². The van der Waals surface area contributed by atoms with Crippen LogP contribution in [0.4, 0.5) is 0 Å². The van der Waals surface area contributed by atoms with Crippen LogP contribution in [-0.4, -0.2) is 16.2 Å². The van der Waals surface area contributed by atoms with Crippen molar-refractivity contribution in [3.63, 3.8) is 0 Å². The molecule has 0 aliphatic rings. The van der Waals surface area contributed by atoms with Gasteiger partial charge in [0.05, 0.1) is 5.92 Å². The highest BCUT2D eigenvalue weighted by Crippen LogP contribution is 2.31. The summed E-state index contributed by atoms with van der Waals surface area (Å²) < 4.78 is 0. The summed E-state index contributed by atoms with van der Waals surface area (Å²) in [6.45, 7) is 1.54. The standard InChI is InChI=1S/C13H11ClO3/c1-7(13(16)17)11-5-9-4-10(14)3-2-8(9)6-12(11)15/h2-7,15H,1H3,(H,16,17). The lowest BCUT2D eigenvalue weighted by molar-refractivity contribution is -0.138. The van der Waals surface area contributed by atoms with Crippen molar-refractivity contribution in [3.8, 4) is 5.75 Å². The van der Waals surface area contributed by atoms with E-state index < -0.39 is 11.9 Å². The molecule has 17 heavy (non-hydrogen) atoms. The number of fused-ring (bicyclic) bond motifs is 1. The molecule has 4 heteroatoms. The zero-order valence-corrected chi connectivity index (χ0v) is 9.90. The van der Waals surface area contributed by atoms with Crippen LogP contribution in [0.5, 0.6) is 5.75 Å². The summed E-state index contributed by atoms with van der Waals surface area (Å²) in [6, 6.07) is 8.47. The minimum Gasteiger partial charge on any atom is -0.508 e. The van der Waals surface area contributed by atoms with Crippen LogP contribution in [0.15, 0.2) is 30.3 Å². The average Bonchev–Trinajstić information content (AvgIpc) is 2.27. The number of aliphatic carboxylic acids is 1. The summed E-state index contributed by atoms with van der Waals surface area (Å²) in [5.41, 5.74) is 0.396. The smallest absolute Gasteiger partial charge is 0.310 e. The van der Waals surface area contributed by atoms with E-state index in [9.17, 15) is 9.90 Å². The molecular weight excluding hydrogens is 240 g/mol. The Balaban J connectivity index is 2.65. The molecule has 1 unspecified atom stereocenters. The van der Waals surface area contributed by atoms with Crippen LogP contribution < -0.4 is 0 Å². The SMILES string of the molecule is CC(C(=O)O)c1cc2cc(Cl)ccc2cc1O. The summed E-state index contributed by atoms with van der Waals surface area (Å²) in [5, 5.41) is 21.0. The summed E-state index contributed by atoms with van der Waals surface area (Å²) in [5.74, 6) is -1.73. The van der Waals surface area contributed by atoms with Gasteiger partial charge in [0, 0.05) is 10.6 Å². The number of carbonyl (C=O) groups is 1. The molecule has 2 rings (SSSR count). The van der Waals surface area contributed by atoms with Gasteiger partial charge >= 0.3 is 5.97 Å². The van der Waals surface area contributed by atoms with E-state index in [-0.39, 0.29) is 5.75 Å². The molecule has 0 aliphatic heterocycles. The van der Waals surface area contributed by atoms with Crippen molar-refractivity contribution in [2.75, 3.05) is 0 Å². The largest absolute Gasteiger partial charge is 0.508 e. The number of halogens is 1. The lowest BCUT2D eigenvalue weighted by Gasteiger charge is -2.10. The van der Waals surface area contributed by atoms with E-state index in [1.165, 1.54) is 6.92 Å². The van der Waals surface area contributed by atoms with Crippen LogP contribution in [0.3, 0.4) is 0 Å². The molecule has 0 aromatic heterocycles. The fourth-order valence-electron chi connectivity index (χ4n) is 1.75.